The fraction of sp³-hybridized carbons (Fsp3) is 0.0769. The lowest BCUT2D eigenvalue weighted by Gasteiger charge is -2.04. The Balaban J connectivity index is 0.000000347. The first-order valence-corrected chi connectivity index (χ1v) is 8.46. The van der Waals surface area contributed by atoms with E-state index in [9.17, 15) is 8.78 Å². The van der Waals surface area contributed by atoms with E-state index < -0.39 is 19.9 Å². The van der Waals surface area contributed by atoms with Crippen LogP contribution in [0.3, 0.4) is 0 Å². The van der Waals surface area contributed by atoms with Crippen molar-refractivity contribution in [2.45, 2.75) is 6.92 Å². The minimum atomic E-state index is -3.72. The molecular weight excluding hydrogens is 329 g/mol. The lowest BCUT2D eigenvalue weighted by atomic mass is 10.0. The zero-order chi connectivity index (χ0) is 15.3. The Labute approximate surface area is 124 Å². The van der Waals surface area contributed by atoms with Crippen LogP contribution in [0.15, 0.2) is 42.5 Å². The summed E-state index contributed by atoms with van der Waals surface area (Å²) < 4.78 is 44.5. The van der Waals surface area contributed by atoms with Crippen molar-refractivity contribution < 1.29 is 17.2 Å². The molecule has 0 spiro atoms. The van der Waals surface area contributed by atoms with E-state index in [0.29, 0.717) is 5.56 Å². The average molecular weight is 339 g/mol. The van der Waals surface area contributed by atoms with Crippen LogP contribution in [-0.4, -0.2) is 8.42 Å². The zero-order valence-corrected chi connectivity index (χ0v) is 12.6. The molecule has 0 unspecified atom stereocenters. The summed E-state index contributed by atoms with van der Waals surface area (Å²) >= 11 is 0. The Morgan fingerprint density at radius 2 is 1.60 bits per heavy atom. The minimum absolute atomic E-state index is 0.431. The molecule has 2 nitrogen and oxygen atoms in total. The van der Waals surface area contributed by atoms with Crippen LogP contribution in [0, 0.1) is 18.6 Å². The van der Waals surface area contributed by atoms with Gasteiger partial charge in [-0.05, 0) is 24.6 Å². The van der Waals surface area contributed by atoms with Crippen molar-refractivity contribution in [3.63, 3.8) is 0 Å². The number of aryl methyl sites for hydroxylation is 1. The third-order valence-electron chi connectivity index (χ3n) is 2.26. The summed E-state index contributed by atoms with van der Waals surface area (Å²) in [4.78, 5) is 0. The summed E-state index contributed by atoms with van der Waals surface area (Å²) in [7, 11) is 4.81. The highest BCUT2D eigenvalue weighted by molar-refractivity contribution is 8.31. The van der Waals surface area contributed by atoms with E-state index in [-0.39, 0.29) is 0 Å². The third kappa shape index (κ3) is 6.32. The standard InChI is InChI=1S/C13H10F2.Cl2O2S/c1-9-3-2-4-10(7-9)12-6-5-11(14)8-13(12)15;1-5(2,3)4/h2-8H,1H3;. The van der Waals surface area contributed by atoms with Gasteiger partial charge in [0.15, 0.2) is 0 Å². The summed E-state index contributed by atoms with van der Waals surface area (Å²) in [5.74, 6) is -1.08. The van der Waals surface area contributed by atoms with Crippen LogP contribution in [0.1, 0.15) is 5.56 Å². The second-order valence-corrected chi connectivity index (χ2v) is 7.54. The van der Waals surface area contributed by atoms with E-state index in [2.05, 4.69) is 21.4 Å². The summed E-state index contributed by atoms with van der Waals surface area (Å²) in [5.41, 5.74) is 2.25. The second kappa shape index (κ2) is 7.02. The summed E-state index contributed by atoms with van der Waals surface area (Å²) in [6.45, 7) is 1.94. The van der Waals surface area contributed by atoms with E-state index in [4.69, 9.17) is 8.42 Å². The van der Waals surface area contributed by atoms with Crippen LogP contribution in [0.2, 0.25) is 0 Å². The van der Waals surface area contributed by atoms with Gasteiger partial charge in [0.2, 0.25) is 0 Å². The molecule has 0 aliphatic rings. The molecule has 108 valence electrons. The van der Waals surface area contributed by atoms with Gasteiger partial charge in [0.25, 0.3) is 0 Å². The highest BCUT2D eigenvalue weighted by Crippen LogP contribution is 2.23. The van der Waals surface area contributed by atoms with Crippen molar-refractivity contribution in [1.29, 1.82) is 0 Å². The van der Waals surface area contributed by atoms with Gasteiger partial charge in [0.05, 0.1) is 0 Å². The van der Waals surface area contributed by atoms with Gasteiger partial charge in [-0.25, -0.2) is 8.78 Å². The Morgan fingerprint density at radius 3 is 2.10 bits per heavy atom. The number of halogens is 4. The quantitative estimate of drug-likeness (QED) is 0.709. The van der Waals surface area contributed by atoms with E-state index in [0.717, 1.165) is 17.2 Å². The Kier molecular flexibility index (Phi) is 5.92. The van der Waals surface area contributed by atoms with Crippen LogP contribution in [0.5, 0.6) is 0 Å². The highest BCUT2D eigenvalue weighted by atomic mass is 36.0. The maximum atomic E-state index is 13.4. The summed E-state index contributed by atoms with van der Waals surface area (Å²) in [6, 6.07) is 11.1. The Bertz CT molecular complexity index is 695. The van der Waals surface area contributed by atoms with Gasteiger partial charge in [0.1, 0.15) is 11.6 Å². The van der Waals surface area contributed by atoms with Gasteiger partial charge < -0.3 is 0 Å². The molecule has 0 heterocycles. The van der Waals surface area contributed by atoms with E-state index in [1.54, 1.807) is 0 Å². The molecule has 0 aliphatic carbocycles. The summed E-state index contributed by atoms with van der Waals surface area (Å²) in [5, 5.41) is 0. The van der Waals surface area contributed by atoms with Gasteiger partial charge in [0, 0.05) is 33.0 Å². The molecule has 0 aliphatic heterocycles. The van der Waals surface area contributed by atoms with E-state index in [1.807, 2.05) is 31.2 Å². The molecule has 0 amide bonds. The fourth-order valence-corrected chi connectivity index (χ4v) is 1.54. The summed E-state index contributed by atoms with van der Waals surface area (Å²) in [6.07, 6.45) is 0. The molecule has 0 fully saturated rings. The number of rotatable bonds is 1. The van der Waals surface area contributed by atoms with Crippen molar-refractivity contribution in [3.05, 3.63) is 59.7 Å². The van der Waals surface area contributed by atoms with Crippen molar-refractivity contribution in [2.75, 3.05) is 0 Å². The number of hydrogen-bond donors (Lipinski definition) is 0. The largest absolute Gasteiger partial charge is 0.317 e. The van der Waals surface area contributed by atoms with Gasteiger partial charge >= 0.3 is 8.26 Å². The van der Waals surface area contributed by atoms with Crippen molar-refractivity contribution in [2.24, 2.45) is 0 Å². The molecule has 2 aromatic carbocycles. The molecule has 0 saturated carbocycles. The van der Waals surface area contributed by atoms with Crippen LogP contribution in [0.4, 0.5) is 8.78 Å². The van der Waals surface area contributed by atoms with Crippen LogP contribution in [-0.2, 0) is 8.26 Å². The third-order valence-corrected chi connectivity index (χ3v) is 2.26. The molecule has 0 N–H and O–H groups in total. The van der Waals surface area contributed by atoms with Crippen LogP contribution < -0.4 is 0 Å². The van der Waals surface area contributed by atoms with Crippen LogP contribution >= 0.6 is 21.4 Å². The predicted octanol–water partition coefficient (Wildman–Crippen LogP) is 4.65. The SMILES string of the molecule is Cc1cccc(-c2ccc(F)cc2F)c1.O=S(=O)(Cl)Cl. The number of benzene rings is 2. The molecule has 0 bridgehead atoms. The maximum absolute atomic E-state index is 13.4. The molecule has 0 saturated heterocycles. The molecule has 2 rings (SSSR count). The molecule has 0 atom stereocenters. The highest BCUT2D eigenvalue weighted by Gasteiger charge is 2.05. The fourth-order valence-electron chi connectivity index (χ4n) is 1.54. The lowest BCUT2D eigenvalue weighted by molar-refractivity contribution is 0.585. The van der Waals surface area contributed by atoms with E-state index in [1.165, 1.54) is 12.1 Å². The smallest absolute Gasteiger partial charge is 0.207 e. The van der Waals surface area contributed by atoms with E-state index >= 15 is 0 Å². The Morgan fingerprint density at radius 1 is 1.00 bits per heavy atom. The van der Waals surface area contributed by atoms with Gasteiger partial charge in [-0.1, -0.05) is 29.8 Å². The van der Waals surface area contributed by atoms with Crippen molar-refractivity contribution in [1.82, 2.24) is 0 Å². The monoisotopic (exact) mass is 338 g/mol. The first-order chi connectivity index (χ1) is 9.16. The number of hydrogen-bond acceptors (Lipinski definition) is 2. The van der Waals surface area contributed by atoms with Gasteiger partial charge in [-0.2, -0.15) is 8.42 Å². The van der Waals surface area contributed by atoms with Crippen molar-refractivity contribution in [3.8, 4) is 11.1 Å². The molecule has 20 heavy (non-hydrogen) atoms. The molecule has 7 heteroatoms. The van der Waals surface area contributed by atoms with Crippen molar-refractivity contribution >= 4 is 29.6 Å². The normalized spacial score (nSPS) is 10.7. The first-order valence-electron chi connectivity index (χ1n) is 5.33. The predicted molar refractivity (Wildman–Crippen MR) is 77.2 cm³/mol. The molecule has 0 aromatic heterocycles. The minimum Gasteiger partial charge on any atom is -0.207 e. The second-order valence-electron chi connectivity index (χ2n) is 3.87. The average Bonchev–Trinajstić information content (AvgIpc) is 2.26. The Hall–Kier alpha value is -1.17. The molecule has 2 aromatic rings. The zero-order valence-electron chi connectivity index (χ0n) is 10.3. The lowest BCUT2D eigenvalue weighted by Crippen LogP contribution is -1.86. The first kappa shape index (κ1) is 16.9. The van der Waals surface area contributed by atoms with Gasteiger partial charge in [-0.3, -0.25) is 0 Å². The maximum Gasteiger partial charge on any atom is 0.317 e. The topological polar surface area (TPSA) is 34.1 Å². The molecular formula is C13H10Cl2F2O2S. The van der Waals surface area contributed by atoms with Crippen LogP contribution in [0.25, 0.3) is 11.1 Å². The molecule has 0 radical (unpaired) electrons. The van der Waals surface area contributed by atoms with Gasteiger partial charge in [-0.15, -0.1) is 0 Å².